The van der Waals surface area contributed by atoms with Crippen molar-refractivity contribution >= 4 is 6.21 Å². The van der Waals surface area contributed by atoms with E-state index in [9.17, 15) is 0 Å². The molecule has 0 saturated heterocycles. The lowest BCUT2D eigenvalue weighted by Crippen LogP contribution is -2.16. The maximum absolute atomic E-state index is 4.18. The van der Waals surface area contributed by atoms with Gasteiger partial charge >= 0.3 is 0 Å². The summed E-state index contributed by atoms with van der Waals surface area (Å²) in [6.07, 6.45) is 1.90. The first kappa shape index (κ1) is 6.40. The maximum Gasteiger partial charge on any atom is 0.0613 e. The molecule has 0 aliphatic carbocycles. The lowest BCUT2D eigenvalue weighted by molar-refractivity contribution is 0.343. The van der Waals surface area contributed by atoms with Gasteiger partial charge in [-0.25, -0.2) is 0 Å². The molecule has 56 valence electrons. The lowest BCUT2D eigenvalue weighted by atomic mass is 10.1. The van der Waals surface area contributed by atoms with E-state index in [0.717, 1.165) is 6.54 Å². The van der Waals surface area contributed by atoms with E-state index in [2.05, 4.69) is 23.3 Å². The summed E-state index contributed by atoms with van der Waals surface area (Å²) < 4.78 is 0. The molecule has 0 amide bonds. The van der Waals surface area contributed by atoms with Gasteiger partial charge in [0.05, 0.1) is 12.8 Å². The highest BCUT2D eigenvalue weighted by molar-refractivity contribution is 5.82. The summed E-state index contributed by atoms with van der Waals surface area (Å²) in [5, 5.41) is 6.11. The van der Waals surface area contributed by atoms with Crippen LogP contribution in [-0.2, 0) is 6.54 Å². The van der Waals surface area contributed by atoms with E-state index in [1.807, 2.05) is 24.3 Å². The van der Waals surface area contributed by atoms with E-state index in [4.69, 9.17) is 0 Å². The molecule has 1 heterocycles. The van der Waals surface area contributed by atoms with E-state index < -0.39 is 0 Å². The van der Waals surface area contributed by atoms with Crippen molar-refractivity contribution in [3.05, 3.63) is 35.4 Å². The van der Waals surface area contributed by atoms with Crippen molar-refractivity contribution < 1.29 is 0 Å². The minimum absolute atomic E-state index is 0.923. The van der Waals surface area contributed by atoms with Gasteiger partial charge in [0.1, 0.15) is 0 Å². The second-order valence-corrected chi connectivity index (χ2v) is 2.76. The predicted molar refractivity (Wildman–Crippen MR) is 45.5 cm³/mol. The Hall–Kier alpha value is -1.31. The number of fused-ring (bicyclic) bond motifs is 1. The number of hydrogen-bond donors (Lipinski definition) is 0. The molecule has 0 saturated carbocycles. The highest BCUT2D eigenvalue weighted by Crippen LogP contribution is 2.12. The van der Waals surface area contributed by atoms with Gasteiger partial charge in [0.25, 0.3) is 0 Å². The van der Waals surface area contributed by atoms with Gasteiger partial charge < -0.3 is 0 Å². The summed E-state index contributed by atoms with van der Waals surface area (Å²) in [5.41, 5.74) is 2.59. The molecule has 2 nitrogen and oxygen atoms in total. The van der Waals surface area contributed by atoms with Crippen LogP contribution in [0, 0.1) is 0 Å². The number of hydrazone groups is 1. The first-order valence-corrected chi connectivity index (χ1v) is 3.69. The Morgan fingerprint density at radius 2 is 2.18 bits per heavy atom. The highest BCUT2D eigenvalue weighted by atomic mass is 15.4. The number of hydrogen-bond acceptors (Lipinski definition) is 2. The Morgan fingerprint density at radius 3 is 3.09 bits per heavy atom. The second-order valence-electron chi connectivity index (χ2n) is 2.76. The lowest BCUT2D eigenvalue weighted by Gasteiger charge is -2.18. The summed E-state index contributed by atoms with van der Waals surface area (Å²) in [7, 11) is 1.98. The van der Waals surface area contributed by atoms with Gasteiger partial charge in [-0.2, -0.15) is 5.10 Å². The molecule has 0 unspecified atom stereocenters. The molecular weight excluding hydrogens is 136 g/mol. The monoisotopic (exact) mass is 146 g/mol. The minimum Gasteiger partial charge on any atom is -0.296 e. The zero-order chi connectivity index (χ0) is 7.68. The zero-order valence-electron chi connectivity index (χ0n) is 6.49. The molecule has 1 aliphatic rings. The number of rotatable bonds is 0. The molecule has 2 heteroatoms. The summed E-state index contributed by atoms with van der Waals surface area (Å²) >= 11 is 0. The van der Waals surface area contributed by atoms with Crippen LogP contribution in [0.3, 0.4) is 0 Å². The van der Waals surface area contributed by atoms with Gasteiger partial charge in [-0.15, -0.1) is 0 Å². The molecule has 0 bridgehead atoms. The van der Waals surface area contributed by atoms with Crippen LogP contribution in [-0.4, -0.2) is 18.3 Å². The third-order valence-electron chi connectivity index (χ3n) is 1.85. The molecule has 0 aromatic heterocycles. The van der Waals surface area contributed by atoms with Gasteiger partial charge in [0.15, 0.2) is 0 Å². The van der Waals surface area contributed by atoms with Gasteiger partial charge in [0.2, 0.25) is 0 Å². The standard InChI is InChI=1S/C9H10N2/c1-11-7-9-5-3-2-4-8(9)6-10-11/h2-6H,7H2,1H3. The Bertz CT molecular complexity index is 291. The van der Waals surface area contributed by atoms with Crippen molar-refractivity contribution in [3.8, 4) is 0 Å². The smallest absolute Gasteiger partial charge is 0.0613 e. The molecule has 1 aromatic carbocycles. The normalized spacial score (nSPS) is 14.8. The Morgan fingerprint density at radius 1 is 1.36 bits per heavy atom. The highest BCUT2D eigenvalue weighted by Gasteiger charge is 2.05. The van der Waals surface area contributed by atoms with Crippen LogP contribution in [0.15, 0.2) is 29.4 Å². The molecule has 1 aliphatic heterocycles. The van der Waals surface area contributed by atoms with E-state index in [-0.39, 0.29) is 0 Å². The van der Waals surface area contributed by atoms with Crippen molar-refractivity contribution in [3.63, 3.8) is 0 Å². The summed E-state index contributed by atoms with van der Waals surface area (Å²) in [4.78, 5) is 0. The Kier molecular flexibility index (Phi) is 1.39. The SMILES string of the molecule is CN1Cc2ccccc2C=N1. The van der Waals surface area contributed by atoms with Crippen LogP contribution < -0.4 is 0 Å². The van der Waals surface area contributed by atoms with Crippen LogP contribution >= 0.6 is 0 Å². The van der Waals surface area contributed by atoms with Gasteiger partial charge in [0, 0.05) is 7.05 Å². The van der Waals surface area contributed by atoms with Crippen molar-refractivity contribution in [1.29, 1.82) is 0 Å². The molecule has 1 aromatic rings. The number of nitrogens with zero attached hydrogens (tertiary/aromatic N) is 2. The molecule has 0 atom stereocenters. The molecule has 0 spiro atoms. The molecular formula is C9H10N2. The predicted octanol–water partition coefficient (Wildman–Crippen LogP) is 1.47. The van der Waals surface area contributed by atoms with E-state index in [1.54, 1.807) is 0 Å². The largest absolute Gasteiger partial charge is 0.296 e. The number of benzene rings is 1. The summed E-state index contributed by atoms with van der Waals surface area (Å²) in [5.74, 6) is 0. The Balaban J connectivity index is 2.46. The minimum atomic E-state index is 0.923. The quantitative estimate of drug-likeness (QED) is 0.541. The summed E-state index contributed by atoms with van der Waals surface area (Å²) in [6.45, 7) is 0.923. The third kappa shape index (κ3) is 1.11. The molecule has 0 fully saturated rings. The molecule has 0 N–H and O–H groups in total. The van der Waals surface area contributed by atoms with Crippen molar-refractivity contribution in [2.24, 2.45) is 5.10 Å². The van der Waals surface area contributed by atoms with Gasteiger partial charge in [-0.3, -0.25) is 5.01 Å². The van der Waals surface area contributed by atoms with Crippen LogP contribution in [0.4, 0.5) is 0 Å². The Labute approximate surface area is 66.1 Å². The van der Waals surface area contributed by atoms with E-state index in [0.29, 0.717) is 0 Å². The average molecular weight is 146 g/mol. The van der Waals surface area contributed by atoms with Crippen molar-refractivity contribution in [2.45, 2.75) is 6.54 Å². The second kappa shape index (κ2) is 2.38. The summed E-state index contributed by atoms with van der Waals surface area (Å²) in [6, 6.07) is 8.32. The fraction of sp³-hybridized carbons (Fsp3) is 0.222. The van der Waals surface area contributed by atoms with Crippen LogP contribution in [0.2, 0.25) is 0 Å². The van der Waals surface area contributed by atoms with Crippen LogP contribution in [0.1, 0.15) is 11.1 Å². The third-order valence-corrected chi connectivity index (χ3v) is 1.85. The van der Waals surface area contributed by atoms with Gasteiger partial charge in [-0.1, -0.05) is 24.3 Å². The van der Waals surface area contributed by atoms with Crippen molar-refractivity contribution in [2.75, 3.05) is 7.05 Å². The first-order valence-electron chi connectivity index (χ1n) is 3.69. The maximum atomic E-state index is 4.18. The fourth-order valence-corrected chi connectivity index (χ4v) is 1.25. The van der Waals surface area contributed by atoms with E-state index >= 15 is 0 Å². The van der Waals surface area contributed by atoms with Crippen LogP contribution in [0.5, 0.6) is 0 Å². The first-order chi connectivity index (χ1) is 5.36. The van der Waals surface area contributed by atoms with Gasteiger partial charge in [-0.05, 0) is 11.1 Å². The average Bonchev–Trinajstić information content (AvgIpc) is 2.04. The van der Waals surface area contributed by atoms with Crippen molar-refractivity contribution in [1.82, 2.24) is 5.01 Å². The zero-order valence-corrected chi connectivity index (χ0v) is 6.49. The topological polar surface area (TPSA) is 15.6 Å². The van der Waals surface area contributed by atoms with Crippen LogP contribution in [0.25, 0.3) is 0 Å². The molecule has 11 heavy (non-hydrogen) atoms. The fourth-order valence-electron chi connectivity index (χ4n) is 1.25. The van der Waals surface area contributed by atoms with E-state index in [1.165, 1.54) is 11.1 Å². The molecule has 2 rings (SSSR count). The molecule has 0 radical (unpaired) electrons.